The highest BCUT2D eigenvalue weighted by atomic mass is 19.4. The van der Waals surface area contributed by atoms with E-state index in [-0.39, 0.29) is 43.6 Å². The van der Waals surface area contributed by atoms with Gasteiger partial charge in [0.15, 0.2) is 0 Å². The Morgan fingerprint density at radius 2 is 1.87 bits per heavy atom. The van der Waals surface area contributed by atoms with Crippen LogP contribution >= 0.6 is 0 Å². The quantitative estimate of drug-likeness (QED) is 0.657. The van der Waals surface area contributed by atoms with E-state index in [9.17, 15) is 18.0 Å². The van der Waals surface area contributed by atoms with Crippen molar-refractivity contribution in [3.63, 3.8) is 0 Å². The fourth-order valence-electron chi connectivity index (χ4n) is 3.38. The molecule has 0 fully saturated rings. The SMILES string of the molecule is COc1cc(NCC(=O)N2CCc3cc(OC)c(C(F)(F)F)cc32)cc(OCCO)c1. The number of amides is 1. The van der Waals surface area contributed by atoms with Crippen LogP contribution in [0.25, 0.3) is 0 Å². The first kappa shape index (κ1) is 22.5. The van der Waals surface area contributed by atoms with Crippen molar-refractivity contribution in [2.24, 2.45) is 0 Å². The Balaban J connectivity index is 1.76. The van der Waals surface area contributed by atoms with Gasteiger partial charge in [0.2, 0.25) is 5.91 Å². The van der Waals surface area contributed by atoms with Crippen LogP contribution in [-0.2, 0) is 17.4 Å². The molecule has 1 heterocycles. The standard InChI is InChI=1S/C21H23F3N2O5/c1-29-15-8-14(9-16(10-15)31-6-5-27)25-12-20(28)26-4-3-13-7-19(30-2)17(11-18(13)26)21(22,23)24/h7-11,25,27H,3-6,12H2,1-2H3. The summed E-state index contributed by atoms with van der Waals surface area (Å²) in [6, 6.07) is 7.22. The fraction of sp³-hybridized carbons (Fsp3) is 0.381. The van der Waals surface area contributed by atoms with E-state index in [1.807, 2.05) is 0 Å². The Bertz CT molecular complexity index is 949. The molecule has 0 saturated heterocycles. The molecular weight excluding hydrogens is 417 g/mol. The second-order valence-corrected chi connectivity index (χ2v) is 6.80. The summed E-state index contributed by atoms with van der Waals surface area (Å²) in [4.78, 5) is 14.1. The number of nitrogens with zero attached hydrogens (tertiary/aromatic N) is 1. The Hall–Kier alpha value is -3.14. The number of hydrogen-bond donors (Lipinski definition) is 2. The zero-order valence-electron chi connectivity index (χ0n) is 17.1. The zero-order valence-corrected chi connectivity index (χ0v) is 17.1. The van der Waals surface area contributed by atoms with Crippen LogP contribution in [0, 0.1) is 0 Å². The number of fused-ring (bicyclic) bond motifs is 1. The number of methoxy groups -OCH3 is 2. The molecule has 0 bridgehead atoms. The minimum atomic E-state index is -4.60. The number of carbonyl (C=O) groups is 1. The van der Waals surface area contributed by atoms with Crippen molar-refractivity contribution in [3.8, 4) is 17.2 Å². The molecule has 1 aliphatic heterocycles. The minimum absolute atomic E-state index is 0.0983. The number of hydrogen-bond acceptors (Lipinski definition) is 6. The molecule has 168 valence electrons. The van der Waals surface area contributed by atoms with Crippen LogP contribution in [0.2, 0.25) is 0 Å². The number of halogens is 3. The van der Waals surface area contributed by atoms with Crippen molar-refractivity contribution >= 4 is 17.3 Å². The van der Waals surface area contributed by atoms with Gasteiger partial charge in [0.1, 0.15) is 23.9 Å². The van der Waals surface area contributed by atoms with Gasteiger partial charge in [-0.05, 0) is 24.1 Å². The van der Waals surface area contributed by atoms with Crippen molar-refractivity contribution in [2.75, 3.05) is 50.7 Å². The van der Waals surface area contributed by atoms with Gasteiger partial charge in [0.25, 0.3) is 0 Å². The molecule has 2 aromatic rings. The van der Waals surface area contributed by atoms with Crippen LogP contribution in [0.15, 0.2) is 30.3 Å². The van der Waals surface area contributed by atoms with Crippen LogP contribution in [0.5, 0.6) is 17.2 Å². The van der Waals surface area contributed by atoms with Gasteiger partial charge in [-0.3, -0.25) is 4.79 Å². The normalized spacial score (nSPS) is 13.0. The third-order valence-electron chi connectivity index (χ3n) is 4.82. The molecule has 0 aliphatic carbocycles. The topological polar surface area (TPSA) is 80.3 Å². The summed E-state index contributed by atoms with van der Waals surface area (Å²) in [5, 5.41) is 11.9. The molecule has 2 aromatic carbocycles. The van der Waals surface area contributed by atoms with Crippen molar-refractivity contribution < 1.29 is 37.3 Å². The van der Waals surface area contributed by atoms with Gasteiger partial charge in [-0.25, -0.2) is 0 Å². The first-order valence-electron chi connectivity index (χ1n) is 9.52. The number of ether oxygens (including phenoxy) is 3. The lowest BCUT2D eigenvalue weighted by Crippen LogP contribution is -2.34. The predicted octanol–water partition coefficient (Wildman–Crippen LogP) is 3.09. The first-order valence-corrected chi connectivity index (χ1v) is 9.52. The number of aliphatic hydroxyl groups is 1. The van der Waals surface area contributed by atoms with E-state index in [1.54, 1.807) is 18.2 Å². The Morgan fingerprint density at radius 3 is 2.52 bits per heavy atom. The highest BCUT2D eigenvalue weighted by Crippen LogP contribution is 2.42. The molecule has 1 amide bonds. The van der Waals surface area contributed by atoms with Crippen molar-refractivity contribution in [1.29, 1.82) is 0 Å². The van der Waals surface area contributed by atoms with Crippen molar-refractivity contribution in [3.05, 3.63) is 41.5 Å². The van der Waals surface area contributed by atoms with Gasteiger partial charge < -0.3 is 29.5 Å². The number of carbonyl (C=O) groups excluding carboxylic acids is 1. The highest BCUT2D eigenvalue weighted by Gasteiger charge is 2.37. The third-order valence-corrected chi connectivity index (χ3v) is 4.82. The number of anilines is 2. The molecule has 0 unspecified atom stereocenters. The molecule has 2 N–H and O–H groups in total. The summed E-state index contributed by atoms with van der Waals surface area (Å²) in [5.41, 5.74) is 0.474. The number of aliphatic hydroxyl groups excluding tert-OH is 1. The monoisotopic (exact) mass is 440 g/mol. The molecule has 7 nitrogen and oxygen atoms in total. The molecule has 0 aromatic heterocycles. The maximum absolute atomic E-state index is 13.4. The van der Waals surface area contributed by atoms with E-state index < -0.39 is 11.7 Å². The molecule has 1 aliphatic rings. The molecule has 10 heteroatoms. The second-order valence-electron chi connectivity index (χ2n) is 6.80. The Kier molecular flexibility index (Phi) is 6.79. The lowest BCUT2D eigenvalue weighted by atomic mass is 10.1. The third kappa shape index (κ3) is 5.13. The van der Waals surface area contributed by atoms with Crippen LogP contribution in [0.1, 0.15) is 11.1 Å². The summed E-state index contributed by atoms with van der Waals surface area (Å²) in [6.45, 7) is 0.0847. The largest absolute Gasteiger partial charge is 0.497 e. The number of rotatable bonds is 8. The molecular formula is C21H23F3N2O5. The average Bonchev–Trinajstić information content (AvgIpc) is 3.17. The Morgan fingerprint density at radius 1 is 1.13 bits per heavy atom. The maximum Gasteiger partial charge on any atom is 0.420 e. The lowest BCUT2D eigenvalue weighted by molar-refractivity contribution is -0.138. The van der Waals surface area contributed by atoms with Crippen molar-refractivity contribution in [1.82, 2.24) is 0 Å². The van der Waals surface area contributed by atoms with Crippen LogP contribution in [-0.4, -0.2) is 51.5 Å². The summed E-state index contributed by atoms with van der Waals surface area (Å²) in [7, 11) is 2.67. The Labute approximate surface area is 177 Å². The van der Waals surface area contributed by atoms with Crippen LogP contribution in [0.4, 0.5) is 24.5 Å². The number of nitrogens with one attached hydrogen (secondary N) is 1. The number of alkyl halides is 3. The van der Waals surface area contributed by atoms with Gasteiger partial charge in [-0.2, -0.15) is 13.2 Å². The second kappa shape index (κ2) is 9.34. The fourth-order valence-corrected chi connectivity index (χ4v) is 3.38. The van der Waals surface area contributed by atoms with E-state index in [0.29, 0.717) is 29.2 Å². The van der Waals surface area contributed by atoms with Crippen LogP contribution in [0.3, 0.4) is 0 Å². The molecule has 0 radical (unpaired) electrons. The van der Waals surface area contributed by atoms with E-state index >= 15 is 0 Å². The molecule has 0 saturated carbocycles. The van der Waals surface area contributed by atoms with Gasteiger partial charge >= 0.3 is 6.18 Å². The van der Waals surface area contributed by atoms with Gasteiger partial charge in [-0.1, -0.05) is 0 Å². The molecule has 0 atom stereocenters. The number of benzene rings is 2. The summed E-state index contributed by atoms with van der Waals surface area (Å²) < 4.78 is 55.5. The molecule has 31 heavy (non-hydrogen) atoms. The summed E-state index contributed by atoms with van der Waals surface area (Å²) in [5.74, 6) is 0.291. The van der Waals surface area contributed by atoms with Gasteiger partial charge in [0, 0.05) is 36.1 Å². The molecule has 3 rings (SSSR count). The maximum atomic E-state index is 13.4. The van der Waals surface area contributed by atoms with E-state index in [1.165, 1.54) is 25.2 Å². The molecule has 0 spiro atoms. The van der Waals surface area contributed by atoms with E-state index in [0.717, 1.165) is 6.07 Å². The smallest absolute Gasteiger partial charge is 0.420 e. The summed E-state index contributed by atoms with van der Waals surface area (Å²) >= 11 is 0. The van der Waals surface area contributed by atoms with Crippen LogP contribution < -0.4 is 24.4 Å². The van der Waals surface area contributed by atoms with Gasteiger partial charge in [0.05, 0.1) is 32.9 Å². The minimum Gasteiger partial charge on any atom is -0.497 e. The highest BCUT2D eigenvalue weighted by molar-refractivity contribution is 5.98. The van der Waals surface area contributed by atoms with E-state index in [2.05, 4.69) is 5.32 Å². The summed E-state index contributed by atoms with van der Waals surface area (Å²) in [6.07, 6.45) is -4.16. The van der Waals surface area contributed by atoms with Crippen molar-refractivity contribution in [2.45, 2.75) is 12.6 Å². The lowest BCUT2D eigenvalue weighted by Gasteiger charge is -2.20. The predicted molar refractivity (Wildman–Crippen MR) is 108 cm³/mol. The average molecular weight is 440 g/mol. The zero-order chi connectivity index (χ0) is 22.6. The van der Waals surface area contributed by atoms with E-state index in [4.69, 9.17) is 19.3 Å². The van der Waals surface area contributed by atoms with Gasteiger partial charge in [-0.15, -0.1) is 0 Å². The first-order chi connectivity index (χ1) is 14.8.